The van der Waals surface area contributed by atoms with E-state index < -0.39 is 0 Å². The smallest absolute Gasteiger partial charge is 0.305 e. The molecule has 0 bridgehead atoms. The molecule has 0 aromatic carbocycles. The van der Waals surface area contributed by atoms with E-state index >= 15 is 0 Å². The average Bonchev–Trinajstić information content (AvgIpc) is 2.22. The van der Waals surface area contributed by atoms with Crippen LogP contribution in [-0.4, -0.2) is 19.1 Å². The van der Waals surface area contributed by atoms with Crippen LogP contribution in [0.15, 0.2) is 0 Å². The molecule has 0 aromatic rings. The van der Waals surface area contributed by atoms with Crippen molar-refractivity contribution >= 4 is 5.97 Å². The van der Waals surface area contributed by atoms with Crippen LogP contribution in [0.5, 0.6) is 0 Å². The lowest BCUT2D eigenvalue weighted by molar-refractivity contribution is -0.144. The number of hydrogen-bond donors (Lipinski definition) is 1. The van der Waals surface area contributed by atoms with Gasteiger partial charge in [-0.3, -0.25) is 4.79 Å². The number of esters is 1. The van der Waals surface area contributed by atoms with E-state index in [1.54, 1.807) is 0 Å². The Bertz CT molecular complexity index is 209. The zero-order valence-corrected chi connectivity index (χ0v) is 11.9. The van der Waals surface area contributed by atoms with Gasteiger partial charge in [-0.2, -0.15) is 0 Å². The van der Waals surface area contributed by atoms with Gasteiger partial charge in [-0.1, -0.05) is 34.1 Å². The minimum absolute atomic E-state index is 0.0651. The molecular weight excluding hydrogens is 214 g/mol. The molecule has 0 saturated carbocycles. The average molecular weight is 243 g/mol. The molecule has 0 spiro atoms. The molecule has 0 aliphatic rings. The molecule has 0 radical (unpaired) electrons. The lowest BCUT2D eigenvalue weighted by Crippen LogP contribution is -2.14. The minimum Gasteiger partial charge on any atom is -0.466 e. The molecule has 17 heavy (non-hydrogen) atoms. The Morgan fingerprint density at radius 2 is 1.94 bits per heavy atom. The first-order valence-electron chi connectivity index (χ1n) is 6.74. The Morgan fingerprint density at radius 1 is 1.29 bits per heavy atom. The Hall–Kier alpha value is -0.570. The van der Waals surface area contributed by atoms with Gasteiger partial charge in [-0.25, -0.2) is 0 Å². The van der Waals surface area contributed by atoms with Crippen LogP contribution in [0, 0.1) is 11.3 Å². The van der Waals surface area contributed by atoms with E-state index in [1.165, 1.54) is 0 Å². The van der Waals surface area contributed by atoms with Gasteiger partial charge in [0.25, 0.3) is 0 Å². The maximum atomic E-state index is 11.5. The molecule has 1 unspecified atom stereocenters. The van der Waals surface area contributed by atoms with Crippen molar-refractivity contribution in [2.24, 2.45) is 17.1 Å². The molecule has 0 saturated heterocycles. The highest BCUT2D eigenvalue weighted by molar-refractivity contribution is 5.69. The first kappa shape index (κ1) is 16.4. The fraction of sp³-hybridized carbons (Fsp3) is 0.929. The van der Waals surface area contributed by atoms with Gasteiger partial charge in [-0.05, 0) is 37.1 Å². The SMILES string of the molecule is CCC(CCN)CCC(=O)OCCC(C)(C)C. The van der Waals surface area contributed by atoms with E-state index in [0.29, 0.717) is 25.5 Å². The molecule has 3 nitrogen and oxygen atoms in total. The monoisotopic (exact) mass is 243 g/mol. The number of ether oxygens (including phenoxy) is 1. The Kier molecular flexibility index (Phi) is 8.23. The predicted molar refractivity (Wildman–Crippen MR) is 71.7 cm³/mol. The van der Waals surface area contributed by atoms with Crippen LogP contribution in [-0.2, 0) is 9.53 Å². The van der Waals surface area contributed by atoms with Crippen molar-refractivity contribution in [3.8, 4) is 0 Å². The summed E-state index contributed by atoms with van der Waals surface area (Å²) in [6, 6.07) is 0. The number of rotatable bonds is 8. The third-order valence-corrected chi connectivity index (χ3v) is 3.02. The maximum Gasteiger partial charge on any atom is 0.305 e. The first-order chi connectivity index (χ1) is 7.89. The van der Waals surface area contributed by atoms with E-state index in [2.05, 4.69) is 27.7 Å². The van der Waals surface area contributed by atoms with Gasteiger partial charge in [0.1, 0.15) is 0 Å². The Labute approximate surface area is 106 Å². The van der Waals surface area contributed by atoms with Gasteiger partial charge in [0, 0.05) is 6.42 Å². The van der Waals surface area contributed by atoms with Crippen molar-refractivity contribution in [3.05, 3.63) is 0 Å². The van der Waals surface area contributed by atoms with E-state index in [1.807, 2.05) is 0 Å². The number of nitrogens with two attached hydrogens (primary N) is 1. The molecular formula is C14H29NO2. The van der Waals surface area contributed by atoms with Crippen molar-refractivity contribution in [3.63, 3.8) is 0 Å². The summed E-state index contributed by atoms with van der Waals surface area (Å²) in [6.45, 7) is 9.83. The van der Waals surface area contributed by atoms with Crippen LogP contribution >= 0.6 is 0 Å². The lowest BCUT2D eigenvalue weighted by atomic mass is 9.93. The number of carbonyl (C=O) groups is 1. The maximum absolute atomic E-state index is 11.5. The van der Waals surface area contributed by atoms with Crippen LogP contribution in [0.4, 0.5) is 0 Å². The predicted octanol–water partition coefficient (Wildman–Crippen LogP) is 3.12. The molecule has 0 aliphatic carbocycles. The fourth-order valence-electron chi connectivity index (χ4n) is 1.65. The van der Waals surface area contributed by atoms with Gasteiger partial charge >= 0.3 is 5.97 Å². The minimum atomic E-state index is -0.0651. The normalized spacial score (nSPS) is 13.5. The van der Waals surface area contributed by atoms with E-state index in [-0.39, 0.29) is 11.4 Å². The van der Waals surface area contributed by atoms with Gasteiger partial charge < -0.3 is 10.5 Å². The first-order valence-corrected chi connectivity index (χ1v) is 6.74. The van der Waals surface area contributed by atoms with Crippen molar-refractivity contribution in [2.45, 2.75) is 59.8 Å². The number of carbonyl (C=O) groups excluding carboxylic acids is 1. The fourth-order valence-corrected chi connectivity index (χ4v) is 1.65. The molecule has 2 N–H and O–H groups in total. The quantitative estimate of drug-likeness (QED) is 0.666. The Morgan fingerprint density at radius 3 is 2.41 bits per heavy atom. The second-order valence-corrected chi connectivity index (χ2v) is 5.92. The molecule has 0 amide bonds. The van der Waals surface area contributed by atoms with E-state index in [4.69, 9.17) is 10.5 Å². The third kappa shape index (κ3) is 10.3. The van der Waals surface area contributed by atoms with Crippen LogP contribution in [0.1, 0.15) is 59.8 Å². The highest BCUT2D eigenvalue weighted by atomic mass is 16.5. The molecule has 0 fully saturated rings. The summed E-state index contributed by atoms with van der Waals surface area (Å²) in [5.41, 5.74) is 5.75. The van der Waals surface area contributed by atoms with E-state index in [0.717, 1.165) is 25.7 Å². The van der Waals surface area contributed by atoms with Crippen LogP contribution in [0.3, 0.4) is 0 Å². The molecule has 0 heterocycles. The van der Waals surface area contributed by atoms with Crippen molar-refractivity contribution in [1.82, 2.24) is 0 Å². The molecule has 102 valence electrons. The zero-order chi connectivity index (χ0) is 13.3. The molecule has 3 heteroatoms. The summed E-state index contributed by atoms with van der Waals surface area (Å²) in [5, 5.41) is 0. The van der Waals surface area contributed by atoms with Crippen LogP contribution in [0.2, 0.25) is 0 Å². The standard InChI is InChI=1S/C14H29NO2/c1-5-12(8-10-15)6-7-13(16)17-11-9-14(2,3)4/h12H,5-11,15H2,1-4H3. The molecule has 1 atom stereocenters. The van der Waals surface area contributed by atoms with Gasteiger partial charge in [0.15, 0.2) is 0 Å². The zero-order valence-electron chi connectivity index (χ0n) is 11.9. The second-order valence-electron chi connectivity index (χ2n) is 5.92. The Balaban J connectivity index is 3.65. The molecule has 0 aromatic heterocycles. The van der Waals surface area contributed by atoms with Gasteiger partial charge in [0.2, 0.25) is 0 Å². The number of hydrogen-bond acceptors (Lipinski definition) is 3. The van der Waals surface area contributed by atoms with Gasteiger partial charge in [-0.15, -0.1) is 0 Å². The largest absolute Gasteiger partial charge is 0.466 e. The van der Waals surface area contributed by atoms with E-state index in [9.17, 15) is 4.79 Å². The summed E-state index contributed by atoms with van der Waals surface area (Å²) in [7, 11) is 0. The summed E-state index contributed by atoms with van der Waals surface area (Å²) in [6.07, 6.45) is 4.45. The summed E-state index contributed by atoms with van der Waals surface area (Å²) in [5.74, 6) is 0.500. The second kappa shape index (κ2) is 8.51. The highest BCUT2D eigenvalue weighted by Crippen LogP contribution is 2.19. The summed E-state index contributed by atoms with van der Waals surface area (Å²) >= 11 is 0. The highest BCUT2D eigenvalue weighted by Gasteiger charge is 2.13. The summed E-state index contributed by atoms with van der Waals surface area (Å²) in [4.78, 5) is 11.5. The van der Waals surface area contributed by atoms with Crippen molar-refractivity contribution in [1.29, 1.82) is 0 Å². The lowest BCUT2D eigenvalue weighted by Gasteiger charge is -2.18. The topological polar surface area (TPSA) is 52.3 Å². The van der Waals surface area contributed by atoms with Crippen molar-refractivity contribution in [2.75, 3.05) is 13.2 Å². The van der Waals surface area contributed by atoms with Crippen LogP contribution in [0.25, 0.3) is 0 Å². The van der Waals surface area contributed by atoms with Crippen molar-refractivity contribution < 1.29 is 9.53 Å². The van der Waals surface area contributed by atoms with Crippen LogP contribution < -0.4 is 5.73 Å². The molecule has 0 aliphatic heterocycles. The van der Waals surface area contributed by atoms with Gasteiger partial charge in [0.05, 0.1) is 6.61 Å². The summed E-state index contributed by atoms with van der Waals surface area (Å²) < 4.78 is 5.22. The third-order valence-electron chi connectivity index (χ3n) is 3.02. The molecule has 0 rings (SSSR count).